The van der Waals surface area contributed by atoms with Crippen molar-refractivity contribution in [2.45, 2.75) is 13.3 Å². The molecule has 0 aromatic heterocycles. The fourth-order valence-corrected chi connectivity index (χ4v) is 2.57. The highest BCUT2D eigenvalue weighted by Gasteiger charge is 2.24. The number of halogens is 1. The third-order valence-corrected chi connectivity index (χ3v) is 3.94. The molecule has 1 fully saturated rings. The van der Waals surface area contributed by atoms with Crippen LogP contribution in [0.5, 0.6) is 0 Å². The molecule has 1 aromatic rings. The lowest BCUT2D eigenvalue weighted by molar-refractivity contribution is -0.137. The number of hydrogen-bond donors (Lipinski definition) is 2. The van der Waals surface area contributed by atoms with Crippen LogP contribution in [0.25, 0.3) is 0 Å². The van der Waals surface area contributed by atoms with Gasteiger partial charge in [0, 0.05) is 31.9 Å². The van der Waals surface area contributed by atoms with E-state index in [4.69, 9.17) is 16.7 Å². The predicted octanol–water partition coefficient (Wildman–Crippen LogP) is 1.81. The van der Waals surface area contributed by atoms with Crippen molar-refractivity contribution >= 4 is 35.2 Å². The molecule has 1 heterocycles. The number of anilines is 1. The fraction of sp³-hybridized carbons (Fsp3) is 0.400. The maximum absolute atomic E-state index is 12.6. The molecule has 8 heteroatoms. The van der Waals surface area contributed by atoms with Crippen molar-refractivity contribution in [2.24, 2.45) is 0 Å². The Morgan fingerprint density at radius 2 is 2.17 bits per heavy atom. The average molecular weight is 340 g/mol. The monoisotopic (exact) mass is 339 g/mol. The molecule has 3 amide bonds. The molecule has 0 unspecified atom stereocenters. The minimum absolute atomic E-state index is 0.107. The van der Waals surface area contributed by atoms with Crippen molar-refractivity contribution in [3.63, 3.8) is 0 Å². The third-order valence-electron chi connectivity index (χ3n) is 3.61. The first kappa shape index (κ1) is 17.1. The Labute approximate surface area is 138 Å². The summed E-state index contributed by atoms with van der Waals surface area (Å²) in [6, 6.07) is 4.60. The summed E-state index contributed by atoms with van der Waals surface area (Å²) in [4.78, 5) is 38.0. The lowest BCUT2D eigenvalue weighted by atomic mass is 10.1. The van der Waals surface area contributed by atoms with Gasteiger partial charge in [-0.05, 0) is 25.1 Å². The second kappa shape index (κ2) is 7.32. The van der Waals surface area contributed by atoms with E-state index in [1.807, 2.05) is 0 Å². The van der Waals surface area contributed by atoms with Gasteiger partial charge in [-0.1, -0.05) is 11.6 Å². The van der Waals surface area contributed by atoms with Crippen LogP contribution in [0.2, 0.25) is 5.02 Å². The lowest BCUT2D eigenvalue weighted by Crippen LogP contribution is -2.33. The molecule has 1 aliphatic rings. The minimum Gasteiger partial charge on any atom is -0.481 e. The van der Waals surface area contributed by atoms with Gasteiger partial charge >= 0.3 is 12.0 Å². The number of carboxylic acid groups (broad SMARTS) is 1. The molecule has 0 atom stereocenters. The van der Waals surface area contributed by atoms with Crippen molar-refractivity contribution in [3.8, 4) is 0 Å². The molecule has 2 rings (SSSR count). The Balaban J connectivity index is 2.24. The van der Waals surface area contributed by atoms with E-state index < -0.39 is 5.97 Å². The summed E-state index contributed by atoms with van der Waals surface area (Å²) in [5, 5.41) is 11.7. The van der Waals surface area contributed by atoms with E-state index in [0.717, 1.165) is 0 Å². The van der Waals surface area contributed by atoms with Crippen LogP contribution in [-0.2, 0) is 4.79 Å². The van der Waals surface area contributed by atoms with Gasteiger partial charge in [0.1, 0.15) is 0 Å². The molecule has 0 radical (unpaired) electrons. The van der Waals surface area contributed by atoms with Gasteiger partial charge in [0.25, 0.3) is 5.91 Å². The summed E-state index contributed by atoms with van der Waals surface area (Å²) in [7, 11) is 0. The van der Waals surface area contributed by atoms with Crippen molar-refractivity contribution in [2.75, 3.05) is 31.1 Å². The molecule has 1 saturated heterocycles. The summed E-state index contributed by atoms with van der Waals surface area (Å²) >= 11 is 6.12. The first-order valence-electron chi connectivity index (χ1n) is 7.30. The molecule has 0 saturated carbocycles. The number of carbonyl (C=O) groups excluding carboxylic acids is 2. The number of urea groups is 1. The quantitative estimate of drug-likeness (QED) is 0.827. The second-order valence-corrected chi connectivity index (χ2v) is 5.48. The zero-order valence-corrected chi connectivity index (χ0v) is 13.5. The van der Waals surface area contributed by atoms with Gasteiger partial charge in [0.2, 0.25) is 0 Å². The number of hydrogen-bond acceptors (Lipinski definition) is 3. The molecule has 1 aliphatic heterocycles. The fourth-order valence-electron chi connectivity index (χ4n) is 2.37. The molecular weight excluding hydrogens is 322 g/mol. The van der Waals surface area contributed by atoms with Crippen molar-refractivity contribution in [1.82, 2.24) is 10.2 Å². The molecule has 0 bridgehead atoms. The maximum atomic E-state index is 12.6. The highest BCUT2D eigenvalue weighted by molar-refractivity contribution is 6.34. The van der Waals surface area contributed by atoms with Crippen molar-refractivity contribution in [1.29, 1.82) is 0 Å². The van der Waals surface area contributed by atoms with Crippen LogP contribution in [0, 0.1) is 0 Å². The van der Waals surface area contributed by atoms with Gasteiger partial charge in [-0.15, -0.1) is 0 Å². The smallest absolute Gasteiger partial charge is 0.321 e. The lowest BCUT2D eigenvalue weighted by Gasteiger charge is -2.22. The first-order valence-corrected chi connectivity index (χ1v) is 7.67. The first-order chi connectivity index (χ1) is 10.9. The number of benzene rings is 1. The molecular formula is C15H18ClN3O4. The molecule has 124 valence electrons. The van der Waals surface area contributed by atoms with E-state index in [2.05, 4.69) is 5.32 Å². The van der Waals surface area contributed by atoms with Gasteiger partial charge in [-0.2, -0.15) is 0 Å². The van der Waals surface area contributed by atoms with Gasteiger partial charge in [-0.25, -0.2) is 4.79 Å². The summed E-state index contributed by atoms with van der Waals surface area (Å²) in [6.07, 6.45) is -0.134. The topological polar surface area (TPSA) is 90.0 Å². The molecule has 1 aromatic carbocycles. The van der Waals surface area contributed by atoms with Crippen LogP contribution >= 0.6 is 11.6 Å². The van der Waals surface area contributed by atoms with Crippen LogP contribution in [0.15, 0.2) is 18.2 Å². The van der Waals surface area contributed by atoms with E-state index in [0.29, 0.717) is 25.3 Å². The Hall–Kier alpha value is -2.28. The maximum Gasteiger partial charge on any atom is 0.321 e. The number of carboxylic acids is 1. The molecule has 0 spiro atoms. The SMILES string of the molecule is CCN(CCC(=O)O)C(=O)c1cc(N2CCNC2=O)ccc1Cl. The van der Waals surface area contributed by atoms with Crippen LogP contribution in [0.4, 0.5) is 10.5 Å². The minimum atomic E-state index is -0.968. The normalized spacial score (nSPS) is 13.8. The number of aliphatic carboxylic acids is 1. The Morgan fingerprint density at radius 3 is 2.74 bits per heavy atom. The average Bonchev–Trinajstić information content (AvgIpc) is 2.94. The molecule has 2 N–H and O–H groups in total. The zero-order valence-electron chi connectivity index (χ0n) is 12.7. The number of amides is 3. The Kier molecular flexibility index (Phi) is 5.44. The van der Waals surface area contributed by atoms with Gasteiger partial charge < -0.3 is 15.3 Å². The predicted molar refractivity (Wildman–Crippen MR) is 86.0 cm³/mol. The van der Waals surface area contributed by atoms with Crippen LogP contribution in [0.3, 0.4) is 0 Å². The van der Waals surface area contributed by atoms with E-state index in [9.17, 15) is 14.4 Å². The Bertz CT molecular complexity index is 635. The van der Waals surface area contributed by atoms with E-state index in [-0.39, 0.29) is 35.5 Å². The Morgan fingerprint density at radius 1 is 1.43 bits per heavy atom. The summed E-state index contributed by atoms with van der Waals surface area (Å²) in [5.74, 6) is -1.31. The summed E-state index contributed by atoms with van der Waals surface area (Å²) in [6.45, 7) is 3.31. The van der Waals surface area contributed by atoms with Gasteiger partial charge in [-0.3, -0.25) is 14.5 Å². The number of nitrogens with one attached hydrogen (secondary N) is 1. The largest absolute Gasteiger partial charge is 0.481 e. The van der Waals surface area contributed by atoms with E-state index >= 15 is 0 Å². The third kappa shape index (κ3) is 3.92. The molecule has 23 heavy (non-hydrogen) atoms. The molecule has 0 aliphatic carbocycles. The van der Waals surface area contributed by atoms with Crippen LogP contribution in [-0.4, -0.2) is 54.1 Å². The van der Waals surface area contributed by atoms with E-state index in [1.54, 1.807) is 25.1 Å². The number of nitrogens with zero attached hydrogens (tertiary/aromatic N) is 2. The number of carbonyl (C=O) groups is 3. The highest BCUT2D eigenvalue weighted by Crippen LogP contribution is 2.25. The van der Waals surface area contributed by atoms with Crippen molar-refractivity contribution < 1.29 is 19.5 Å². The number of rotatable bonds is 6. The zero-order chi connectivity index (χ0) is 17.0. The standard InChI is InChI=1S/C15H18ClN3O4/c1-2-18(7-5-13(20)21)14(22)11-9-10(3-4-12(11)16)19-8-6-17-15(19)23/h3-4,9H,2,5-8H2,1H3,(H,17,23)(H,20,21). The van der Waals surface area contributed by atoms with E-state index in [1.165, 1.54) is 9.80 Å². The molecule has 7 nitrogen and oxygen atoms in total. The van der Waals surface area contributed by atoms with Crippen LogP contribution < -0.4 is 10.2 Å². The van der Waals surface area contributed by atoms with Gasteiger partial charge in [0.05, 0.1) is 17.0 Å². The van der Waals surface area contributed by atoms with Crippen molar-refractivity contribution in [3.05, 3.63) is 28.8 Å². The summed E-state index contributed by atoms with van der Waals surface area (Å²) < 4.78 is 0. The van der Waals surface area contributed by atoms with Gasteiger partial charge in [0.15, 0.2) is 0 Å². The highest BCUT2D eigenvalue weighted by atomic mass is 35.5. The van der Waals surface area contributed by atoms with Crippen LogP contribution in [0.1, 0.15) is 23.7 Å². The summed E-state index contributed by atoms with van der Waals surface area (Å²) in [5.41, 5.74) is 0.846. The second-order valence-electron chi connectivity index (χ2n) is 5.08.